The van der Waals surface area contributed by atoms with Gasteiger partial charge >= 0.3 is 0 Å². The van der Waals surface area contributed by atoms with Crippen LogP contribution in [0.1, 0.15) is 31.7 Å². The quantitative estimate of drug-likeness (QED) is 0.407. The van der Waals surface area contributed by atoms with Gasteiger partial charge in [0.25, 0.3) is 0 Å². The molecule has 0 aliphatic rings. The second kappa shape index (κ2) is 11.0. The Labute approximate surface area is 155 Å². The average molecular weight is 356 g/mol. The van der Waals surface area contributed by atoms with Gasteiger partial charge in [0, 0.05) is 32.4 Å². The SMILES string of the molecule is CCCCCNC(=NC)NCc1ccc(Oc2ccc(OC)cc2)nc1. The molecule has 0 saturated carbocycles. The van der Waals surface area contributed by atoms with Crippen molar-refractivity contribution in [2.24, 2.45) is 4.99 Å². The molecular formula is C20H28N4O2. The van der Waals surface area contributed by atoms with Crippen LogP contribution in [0.2, 0.25) is 0 Å². The summed E-state index contributed by atoms with van der Waals surface area (Å²) in [6, 6.07) is 11.3. The van der Waals surface area contributed by atoms with Crippen molar-refractivity contribution in [3.05, 3.63) is 48.2 Å². The summed E-state index contributed by atoms with van der Waals surface area (Å²) in [5.74, 6) is 2.88. The molecule has 1 heterocycles. The number of hydrogen-bond donors (Lipinski definition) is 2. The molecule has 1 aromatic heterocycles. The third-order valence-corrected chi connectivity index (χ3v) is 3.84. The van der Waals surface area contributed by atoms with Crippen LogP contribution in [-0.2, 0) is 6.54 Å². The van der Waals surface area contributed by atoms with Gasteiger partial charge in [0.2, 0.25) is 5.88 Å². The number of aliphatic imine (C=N–C) groups is 1. The average Bonchev–Trinajstić information content (AvgIpc) is 2.69. The van der Waals surface area contributed by atoms with Crippen molar-refractivity contribution in [2.75, 3.05) is 20.7 Å². The molecule has 1 aromatic carbocycles. The van der Waals surface area contributed by atoms with Crippen molar-refractivity contribution in [3.63, 3.8) is 0 Å². The van der Waals surface area contributed by atoms with Crippen LogP contribution < -0.4 is 20.1 Å². The first-order valence-electron chi connectivity index (χ1n) is 8.96. The number of nitrogens with one attached hydrogen (secondary N) is 2. The van der Waals surface area contributed by atoms with Crippen LogP contribution >= 0.6 is 0 Å². The first-order valence-corrected chi connectivity index (χ1v) is 8.96. The lowest BCUT2D eigenvalue weighted by Crippen LogP contribution is -2.37. The van der Waals surface area contributed by atoms with E-state index in [4.69, 9.17) is 9.47 Å². The van der Waals surface area contributed by atoms with E-state index in [-0.39, 0.29) is 0 Å². The monoisotopic (exact) mass is 356 g/mol. The molecule has 26 heavy (non-hydrogen) atoms. The smallest absolute Gasteiger partial charge is 0.219 e. The number of hydrogen-bond acceptors (Lipinski definition) is 4. The van der Waals surface area contributed by atoms with Crippen LogP contribution in [-0.4, -0.2) is 31.6 Å². The van der Waals surface area contributed by atoms with E-state index in [9.17, 15) is 0 Å². The maximum absolute atomic E-state index is 5.73. The zero-order valence-corrected chi connectivity index (χ0v) is 15.8. The third kappa shape index (κ3) is 6.63. The summed E-state index contributed by atoms with van der Waals surface area (Å²) < 4.78 is 10.9. The standard InChI is InChI=1S/C20H28N4O2/c1-4-5-6-13-22-20(21-2)24-15-16-7-12-19(23-14-16)26-18-10-8-17(25-3)9-11-18/h7-12,14H,4-6,13,15H2,1-3H3,(H2,21,22,24). The van der Waals surface area contributed by atoms with Gasteiger partial charge in [0.1, 0.15) is 11.5 Å². The van der Waals surface area contributed by atoms with Gasteiger partial charge in [-0.15, -0.1) is 0 Å². The van der Waals surface area contributed by atoms with Gasteiger partial charge in [-0.05, 0) is 36.2 Å². The Morgan fingerprint density at radius 2 is 1.81 bits per heavy atom. The molecule has 0 radical (unpaired) electrons. The number of pyridine rings is 1. The molecule has 0 amide bonds. The molecule has 0 bridgehead atoms. The van der Waals surface area contributed by atoms with Crippen LogP contribution in [0.5, 0.6) is 17.4 Å². The van der Waals surface area contributed by atoms with Crippen LogP contribution in [0.3, 0.4) is 0 Å². The number of unbranched alkanes of at least 4 members (excludes halogenated alkanes) is 2. The van der Waals surface area contributed by atoms with Gasteiger partial charge in [-0.3, -0.25) is 4.99 Å². The van der Waals surface area contributed by atoms with Gasteiger partial charge in [-0.25, -0.2) is 4.98 Å². The maximum Gasteiger partial charge on any atom is 0.219 e. The van der Waals surface area contributed by atoms with Crippen molar-refractivity contribution in [3.8, 4) is 17.4 Å². The van der Waals surface area contributed by atoms with Crippen molar-refractivity contribution in [1.29, 1.82) is 0 Å². The molecule has 0 fully saturated rings. The lowest BCUT2D eigenvalue weighted by atomic mass is 10.2. The molecule has 0 unspecified atom stereocenters. The third-order valence-electron chi connectivity index (χ3n) is 3.84. The number of methoxy groups -OCH3 is 1. The highest BCUT2D eigenvalue weighted by atomic mass is 16.5. The topological polar surface area (TPSA) is 67.8 Å². The molecule has 0 aliphatic heterocycles. The molecule has 2 rings (SSSR count). The Morgan fingerprint density at radius 3 is 2.42 bits per heavy atom. The number of rotatable bonds is 9. The van der Waals surface area contributed by atoms with E-state index >= 15 is 0 Å². The predicted octanol–water partition coefficient (Wildman–Crippen LogP) is 3.74. The van der Waals surface area contributed by atoms with Crippen LogP contribution in [0.15, 0.2) is 47.6 Å². The second-order valence-electron chi connectivity index (χ2n) is 5.84. The Morgan fingerprint density at radius 1 is 1.04 bits per heavy atom. The van der Waals surface area contributed by atoms with Crippen molar-refractivity contribution in [1.82, 2.24) is 15.6 Å². The second-order valence-corrected chi connectivity index (χ2v) is 5.84. The van der Waals surface area contributed by atoms with Crippen LogP contribution in [0, 0.1) is 0 Å². The minimum absolute atomic E-state index is 0.556. The minimum atomic E-state index is 0.556. The summed E-state index contributed by atoms with van der Waals surface area (Å²) >= 11 is 0. The molecule has 6 heteroatoms. The Kier molecular flexibility index (Phi) is 8.26. The Hall–Kier alpha value is -2.76. The van der Waals surface area contributed by atoms with Gasteiger partial charge in [0.15, 0.2) is 5.96 Å². The fraction of sp³-hybridized carbons (Fsp3) is 0.400. The minimum Gasteiger partial charge on any atom is -0.497 e. The number of nitrogens with zero attached hydrogens (tertiary/aromatic N) is 2. The predicted molar refractivity (Wildman–Crippen MR) is 105 cm³/mol. The van der Waals surface area contributed by atoms with E-state index < -0.39 is 0 Å². The summed E-state index contributed by atoms with van der Waals surface area (Å²) in [4.78, 5) is 8.58. The normalized spacial score (nSPS) is 11.1. The number of benzene rings is 1. The zero-order valence-electron chi connectivity index (χ0n) is 15.8. The molecule has 0 atom stereocenters. The zero-order chi connectivity index (χ0) is 18.6. The summed E-state index contributed by atoms with van der Waals surface area (Å²) in [6.45, 7) is 3.78. The van der Waals surface area contributed by atoms with Gasteiger partial charge < -0.3 is 20.1 Å². The summed E-state index contributed by atoms with van der Waals surface area (Å²) in [5, 5.41) is 6.60. The molecule has 6 nitrogen and oxygen atoms in total. The Bertz CT molecular complexity index is 669. The fourth-order valence-corrected chi connectivity index (χ4v) is 2.33. The molecule has 0 spiro atoms. The van der Waals surface area contributed by atoms with Gasteiger partial charge in [-0.2, -0.15) is 0 Å². The van der Waals surface area contributed by atoms with E-state index in [1.54, 1.807) is 20.4 Å². The summed E-state index contributed by atoms with van der Waals surface area (Å²) in [5.41, 5.74) is 1.06. The van der Waals surface area contributed by atoms with E-state index in [1.165, 1.54) is 12.8 Å². The van der Waals surface area contributed by atoms with Gasteiger partial charge in [0.05, 0.1) is 7.11 Å². The molecule has 2 N–H and O–H groups in total. The van der Waals surface area contributed by atoms with E-state index in [0.717, 1.165) is 36.0 Å². The Balaban J connectivity index is 1.80. The lowest BCUT2D eigenvalue weighted by Gasteiger charge is -2.12. The van der Waals surface area contributed by atoms with Crippen molar-refractivity contribution < 1.29 is 9.47 Å². The van der Waals surface area contributed by atoms with Crippen molar-refractivity contribution in [2.45, 2.75) is 32.7 Å². The summed E-state index contributed by atoms with van der Waals surface area (Å²) in [7, 11) is 3.42. The maximum atomic E-state index is 5.73. The largest absolute Gasteiger partial charge is 0.497 e. The lowest BCUT2D eigenvalue weighted by molar-refractivity contribution is 0.412. The van der Waals surface area contributed by atoms with E-state index in [1.807, 2.05) is 36.4 Å². The van der Waals surface area contributed by atoms with Crippen molar-refractivity contribution >= 4 is 5.96 Å². The first kappa shape index (κ1) is 19.6. The van der Waals surface area contributed by atoms with Crippen LogP contribution in [0.25, 0.3) is 0 Å². The molecule has 0 saturated heterocycles. The highest BCUT2D eigenvalue weighted by molar-refractivity contribution is 5.79. The van der Waals surface area contributed by atoms with Gasteiger partial charge in [-0.1, -0.05) is 25.8 Å². The number of guanidine groups is 1. The van der Waals surface area contributed by atoms with Crippen LogP contribution in [0.4, 0.5) is 0 Å². The summed E-state index contributed by atoms with van der Waals surface area (Å²) in [6.07, 6.45) is 5.39. The fourth-order valence-electron chi connectivity index (χ4n) is 2.33. The first-order chi connectivity index (χ1) is 12.7. The molecule has 0 aliphatic carbocycles. The number of ether oxygens (including phenoxy) is 2. The molecule has 2 aromatic rings. The molecular weight excluding hydrogens is 328 g/mol. The highest BCUT2D eigenvalue weighted by Crippen LogP contribution is 2.22. The number of aromatic nitrogens is 1. The molecule has 140 valence electrons. The highest BCUT2D eigenvalue weighted by Gasteiger charge is 2.02. The van der Waals surface area contributed by atoms with E-state index in [2.05, 4.69) is 27.5 Å². The van der Waals surface area contributed by atoms with E-state index in [0.29, 0.717) is 12.4 Å².